The number of nitrogens with zero attached hydrogens (tertiary/aromatic N) is 1. The lowest BCUT2D eigenvalue weighted by molar-refractivity contribution is 0.276. The van der Waals surface area contributed by atoms with Gasteiger partial charge in [-0.25, -0.2) is 8.42 Å². The number of aryl methyl sites for hydroxylation is 1. The molecule has 1 saturated carbocycles. The molecule has 1 aromatic carbocycles. The molecule has 0 radical (unpaired) electrons. The molecule has 2 atom stereocenters. The highest BCUT2D eigenvalue weighted by Crippen LogP contribution is 2.54. The van der Waals surface area contributed by atoms with E-state index in [-0.39, 0.29) is 18.2 Å². The molecular formula is C15H21NO3S. The van der Waals surface area contributed by atoms with Gasteiger partial charge in [-0.2, -0.15) is 4.31 Å². The van der Waals surface area contributed by atoms with Crippen LogP contribution in [0.4, 0.5) is 0 Å². The van der Waals surface area contributed by atoms with Crippen molar-refractivity contribution in [3.05, 3.63) is 29.8 Å². The van der Waals surface area contributed by atoms with E-state index in [9.17, 15) is 13.5 Å². The van der Waals surface area contributed by atoms with Crippen LogP contribution in [0.25, 0.3) is 0 Å². The van der Waals surface area contributed by atoms with Crippen molar-refractivity contribution in [3.63, 3.8) is 0 Å². The van der Waals surface area contributed by atoms with E-state index in [1.807, 2.05) is 19.1 Å². The Balaban J connectivity index is 1.93. The van der Waals surface area contributed by atoms with Crippen LogP contribution in [0.1, 0.15) is 37.7 Å². The molecule has 110 valence electrons. The van der Waals surface area contributed by atoms with Gasteiger partial charge in [-0.1, -0.05) is 37.0 Å². The van der Waals surface area contributed by atoms with Crippen molar-refractivity contribution in [3.8, 4) is 0 Å². The summed E-state index contributed by atoms with van der Waals surface area (Å²) in [6.45, 7) is 1.86. The monoisotopic (exact) mass is 295 g/mol. The van der Waals surface area contributed by atoms with E-state index in [0.29, 0.717) is 4.90 Å². The van der Waals surface area contributed by atoms with Crippen LogP contribution in [0.5, 0.6) is 0 Å². The maximum Gasteiger partial charge on any atom is 0.244 e. The minimum Gasteiger partial charge on any atom is -0.395 e. The first-order valence-corrected chi connectivity index (χ1v) is 8.68. The molecule has 1 N–H and O–H groups in total. The molecule has 1 aromatic rings. The molecule has 3 rings (SSSR count). The SMILES string of the molecule is Cc1ccc(S(=O)(=O)N2[C@@H](CO)C23CCCCC3)cc1. The fourth-order valence-electron chi connectivity index (χ4n) is 3.60. The summed E-state index contributed by atoms with van der Waals surface area (Å²) in [6.07, 6.45) is 5.03. The third kappa shape index (κ3) is 2.00. The number of benzene rings is 1. The predicted octanol–water partition coefficient (Wildman–Crippen LogP) is 2.06. The molecular weight excluding hydrogens is 274 g/mol. The van der Waals surface area contributed by atoms with Crippen molar-refractivity contribution in [2.45, 2.75) is 55.5 Å². The Bertz CT molecular complexity index is 588. The van der Waals surface area contributed by atoms with Gasteiger partial charge in [0, 0.05) is 0 Å². The molecule has 4 nitrogen and oxygen atoms in total. The molecule has 0 aromatic heterocycles. The second-order valence-corrected chi connectivity index (χ2v) is 7.79. The Morgan fingerprint density at radius 1 is 1.20 bits per heavy atom. The fourth-order valence-corrected chi connectivity index (χ4v) is 5.64. The largest absolute Gasteiger partial charge is 0.395 e. The highest BCUT2D eigenvalue weighted by molar-refractivity contribution is 7.89. The van der Waals surface area contributed by atoms with Gasteiger partial charge in [0.1, 0.15) is 0 Å². The molecule has 1 aliphatic heterocycles. The molecule has 1 saturated heterocycles. The molecule has 1 spiro atoms. The average molecular weight is 295 g/mol. The van der Waals surface area contributed by atoms with Crippen LogP contribution in [0.3, 0.4) is 0 Å². The van der Waals surface area contributed by atoms with Crippen LogP contribution in [-0.2, 0) is 10.0 Å². The molecule has 2 aliphatic rings. The van der Waals surface area contributed by atoms with Gasteiger partial charge in [0.2, 0.25) is 10.0 Å². The topological polar surface area (TPSA) is 57.4 Å². The summed E-state index contributed by atoms with van der Waals surface area (Å²) < 4.78 is 27.1. The van der Waals surface area contributed by atoms with Gasteiger partial charge in [-0.05, 0) is 31.9 Å². The summed E-state index contributed by atoms with van der Waals surface area (Å²) in [5.41, 5.74) is 0.734. The maximum atomic E-state index is 12.8. The van der Waals surface area contributed by atoms with E-state index in [1.165, 1.54) is 0 Å². The summed E-state index contributed by atoms with van der Waals surface area (Å²) in [6, 6.07) is 6.73. The van der Waals surface area contributed by atoms with Crippen LogP contribution in [0.2, 0.25) is 0 Å². The molecule has 1 heterocycles. The number of hydrogen-bond donors (Lipinski definition) is 1. The third-order valence-electron chi connectivity index (χ3n) is 4.74. The number of sulfonamides is 1. The number of rotatable bonds is 3. The van der Waals surface area contributed by atoms with Gasteiger partial charge in [0.25, 0.3) is 0 Å². The zero-order valence-electron chi connectivity index (χ0n) is 11.7. The minimum atomic E-state index is -3.48. The van der Waals surface area contributed by atoms with E-state index < -0.39 is 10.0 Å². The lowest BCUT2D eigenvalue weighted by Gasteiger charge is -2.22. The summed E-state index contributed by atoms with van der Waals surface area (Å²) in [5, 5.41) is 9.54. The molecule has 1 unspecified atom stereocenters. The smallest absolute Gasteiger partial charge is 0.244 e. The first-order valence-electron chi connectivity index (χ1n) is 7.24. The highest BCUT2D eigenvalue weighted by atomic mass is 32.2. The summed E-state index contributed by atoms with van der Waals surface area (Å²) >= 11 is 0. The zero-order valence-corrected chi connectivity index (χ0v) is 12.6. The van der Waals surface area contributed by atoms with Crippen LogP contribution in [0.15, 0.2) is 29.2 Å². The zero-order chi connectivity index (χ0) is 14.4. The van der Waals surface area contributed by atoms with Crippen LogP contribution >= 0.6 is 0 Å². The van der Waals surface area contributed by atoms with Crippen molar-refractivity contribution in [1.82, 2.24) is 4.31 Å². The number of aliphatic hydroxyl groups is 1. The first kappa shape index (κ1) is 14.0. The van der Waals surface area contributed by atoms with Gasteiger partial charge in [-0.15, -0.1) is 0 Å². The quantitative estimate of drug-likeness (QED) is 0.868. The predicted molar refractivity (Wildman–Crippen MR) is 76.9 cm³/mol. The Kier molecular flexibility index (Phi) is 3.39. The molecule has 2 fully saturated rings. The second kappa shape index (κ2) is 4.83. The first-order chi connectivity index (χ1) is 9.52. The molecule has 1 aliphatic carbocycles. The molecule has 0 bridgehead atoms. The van der Waals surface area contributed by atoms with Crippen LogP contribution < -0.4 is 0 Å². The number of hydrogen-bond acceptors (Lipinski definition) is 3. The van der Waals surface area contributed by atoms with E-state index in [2.05, 4.69) is 0 Å². The number of aliphatic hydroxyl groups excluding tert-OH is 1. The van der Waals surface area contributed by atoms with E-state index in [0.717, 1.165) is 37.7 Å². The highest BCUT2D eigenvalue weighted by Gasteiger charge is 2.67. The summed E-state index contributed by atoms with van der Waals surface area (Å²) in [4.78, 5) is 0.337. The van der Waals surface area contributed by atoms with Gasteiger partial charge in [0.15, 0.2) is 0 Å². The van der Waals surface area contributed by atoms with Crippen LogP contribution in [0, 0.1) is 6.92 Å². The average Bonchev–Trinajstić information content (AvgIpc) is 3.07. The van der Waals surface area contributed by atoms with Gasteiger partial charge in [-0.3, -0.25) is 0 Å². The van der Waals surface area contributed by atoms with Crippen molar-refractivity contribution in [1.29, 1.82) is 0 Å². The molecule has 0 amide bonds. The lowest BCUT2D eigenvalue weighted by atomic mass is 9.86. The van der Waals surface area contributed by atoms with Crippen molar-refractivity contribution >= 4 is 10.0 Å². The lowest BCUT2D eigenvalue weighted by Crippen LogP contribution is -2.26. The third-order valence-corrected chi connectivity index (χ3v) is 6.75. The molecule has 20 heavy (non-hydrogen) atoms. The summed E-state index contributed by atoms with van der Waals surface area (Å²) in [7, 11) is -3.48. The van der Waals surface area contributed by atoms with Gasteiger partial charge < -0.3 is 5.11 Å². The fraction of sp³-hybridized carbons (Fsp3) is 0.600. The Hall–Kier alpha value is -0.910. The minimum absolute atomic E-state index is 0.0783. The Labute approximate surface area is 120 Å². The van der Waals surface area contributed by atoms with E-state index in [1.54, 1.807) is 16.4 Å². The maximum absolute atomic E-state index is 12.8. The Morgan fingerprint density at radius 2 is 1.80 bits per heavy atom. The van der Waals surface area contributed by atoms with E-state index in [4.69, 9.17) is 0 Å². The van der Waals surface area contributed by atoms with E-state index >= 15 is 0 Å². The van der Waals surface area contributed by atoms with Crippen LogP contribution in [-0.4, -0.2) is 36.0 Å². The van der Waals surface area contributed by atoms with Gasteiger partial charge >= 0.3 is 0 Å². The van der Waals surface area contributed by atoms with Crippen molar-refractivity contribution in [2.75, 3.05) is 6.61 Å². The second-order valence-electron chi connectivity index (χ2n) is 5.98. The van der Waals surface area contributed by atoms with Crippen molar-refractivity contribution in [2.24, 2.45) is 0 Å². The van der Waals surface area contributed by atoms with Gasteiger partial charge in [0.05, 0.1) is 23.1 Å². The van der Waals surface area contributed by atoms with Crippen molar-refractivity contribution < 1.29 is 13.5 Å². The standard InChI is InChI=1S/C15H21NO3S/c1-12-5-7-13(8-6-12)20(18,19)16-14(11-17)15(16)9-3-2-4-10-15/h5-8,14,17H,2-4,9-11H2,1H3/t14-,16?/m0/s1. The summed E-state index contributed by atoms with van der Waals surface area (Å²) in [5.74, 6) is 0. The normalized spacial score (nSPS) is 28.5. The molecule has 5 heteroatoms. The Morgan fingerprint density at radius 3 is 2.35 bits per heavy atom.